The quantitative estimate of drug-likeness (QED) is 0.792. The summed E-state index contributed by atoms with van der Waals surface area (Å²) in [6.07, 6.45) is -3.58. The summed E-state index contributed by atoms with van der Waals surface area (Å²) in [6.45, 7) is 1.72. The number of carbonyl (C=O) groups is 1. The number of thiazole rings is 2. The lowest BCUT2D eigenvalue weighted by Gasteiger charge is -1.98. The lowest BCUT2D eigenvalue weighted by Crippen LogP contribution is -2.03. The molecule has 90 valence electrons. The number of hydrogen-bond acceptors (Lipinski definition) is 5. The molecule has 0 spiro atoms. The molecule has 2 rings (SSSR count). The fourth-order valence-electron chi connectivity index (χ4n) is 1.10. The van der Waals surface area contributed by atoms with Gasteiger partial charge in [0, 0.05) is 11.6 Å². The molecule has 0 aliphatic rings. The monoisotopic (exact) mass is 278 g/mol. The van der Waals surface area contributed by atoms with Gasteiger partial charge in [-0.15, -0.1) is 22.7 Å². The van der Waals surface area contributed by atoms with Crippen molar-refractivity contribution in [3.05, 3.63) is 32.2 Å². The van der Waals surface area contributed by atoms with E-state index in [4.69, 9.17) is 0 Å². The number of halogens is 3. The zero-order valence-corrected chi connectivity index (χ0v) is 10.0. The van der Waals surface area contributed by atoms with Crippen molar-refractivity contribution in [1.29, 1.82) is 0 Å². The van der Waals surface area contributed by atoms with Crippen molar-refractivity contribution >= 4 is 28.5 Å². The number of rotatable bonds is 2. The fraction of sp³-hybridized carbons (Fsp3) is 0.222. The summed E-state index contributed by atoms with van der Waals surface area (Å²) in [6, 6.07) is 0. The van der Waals surface area contributed by atoms with Crippen LogP contribution in [0.25, 0.3) is 0 Å². The largest absolute Gasteiger partial charge is 0.443 e. The molecule has 0 bridgehead atoms. The van der Waals surface area contributed by atoms with Gasteiger partial charge in [0.25, 0.3) is 0 Å². The molecule has 3 nitrogen and oxygen atoms in total. The summed E-state index contributed by atoms with van der Waals surface area (Å²) in [7, 11) is 0. The predicted octanol–water partition coefficient (Wildman–Crippen LogP) is 3.16. The van der Waals surface area contributed by atoms with Gasteiger partial charge in [-0.1, -0.05) is 0 Å². The van der Waals surface area contributed by atoms with Crippen LogP contribution in [0.15, 0.2) is 11.6 Å². The number of carbonyl (C=O) groups excluding carboxylic acids is 1. The lowest BCUT2D eigenvalue weighted by molar-refractivity contribution is -0.137. The van der Waals surface area contributed by atoms with Crippen LogP contribution in [-0.2, 0) is 6.18 Å². The Morgan fingerprint density at radius 2 is 2.12 bits per heavy atom. The summed E-state index contributed by atoms with van der Waals surface area (Å²) in [5.74, 6) is -0.526. The van der Waals surface area contributed by atoms with Crippen LogP contribution in [-0.4, -0.2) is 15.8 Å². The maximum atomic E-state index is 12.3. The average molecular weight is 278 g/mol. The first-order valence-electron chi connectivity index (χ1n) is 4.38. The van der Waals surface area contributed by atoms with Gasteiger partial charge >= 0.3 is 6.18 Å². The Labute approximate surface area is 102 Å². The molecule has 0 saturated heterocycles. The van der Waals surface area contributed by atoms with Crippen LogP contribution >= 0.6 is 22.7 Å². The van der Waals surface area contributed by atoms with Crippen LogP contribution in [0.2, 0.25) is 0 Å². The van der Waals surface area contributed by atoms with Crippen molar-refractivity contribution in [1.82, 2.24) is 9.97 Å². The summed E-state index contributed by atoms with van der Waals surface area (Å²) < 4.78 is 36.9. The van der Waals surface area contributed by atoms with E-state index in [0.717, 1.165) is 6.20 Å². The molecule has 2 heterocycles. The van der Waals surface area contributed by atoms with Crippen LogP contribution in [0.4, 0.5) is 13.2 Å². The van der Waals surface area contributed by atoms with Gasteiger partial charge in [0.05, 0.1) is 9.88 Å². The topological polar surface area (TPSA) is 42.9 Å². The molecule has 8 heteroatoms. The van der Waals surface area contributed by atoms with Crippen LogP contribution in [0.5, 0.6) is 0 Å². The maximum Gasteiger partial charge on any atom is 0.443 e. The first kappa shape index (κ1) is 12.2. The molecule has 2 aromatic heterocycles. The minimum absolute atomic E-state index is 0.0531. The van der Waals surface area contributed by atoms with Gasteiger partial charge < -0.3 is 0 Å². The van der Waals surface area contributed by atoms with Gasteiger partial charge in [-0.3, -0.25) is 4.79 Å². The lowest BCUT2D eigenvalue weighted by atomic mass is 10.3. The van der Waals surface area contributed by atoms with Crippen molar-refractivity contribution < 1.29 is 18.0 Å². The molecule has 0 aliphatic heterocycles. The highest BCUT2D eigenvalue weighted by Crippen LogP contribution is 2.33. The van der Waals surface area contributed by atoms with E-state index in [1.54, 1.807) is 6.92 Å². The highest BCUT2D eigenvalue weighted by Gasteiger charge is 2.35. The van der Waals surface area contributed by atoms with Gasteiger partial charge in [-0.2, -0.15) is 13.2 Å². The molecule has 17 heavy (non-hydrogen) atoms. The molecule has 2 aromatic rings. The standard InChI is InChI=1S/C9H5F3N2OS2/c1-4-14-5(3-16-4)7(15)6-2-13-8(17-6)9(10,11)12/h2-3H,1H3. The molecule has 0 aliphatic carbocycles. The maximum absolute atomic E-state index is 12.3. The van der Waals surface area contributed by atoms with E-state index in [2.05, 4.69) is 9.97 Å². The number of aromatic nitrogens is 2. The number of aryl methyl sites for hydroxylation is 1. The average Bonchev–Trinajstić information content (AvgIpc) is 2.83. The highest BCUT2D eigenvalue weighted by atomic mass is 32.1. The van der Waals surface area contributed by atoms with E-state index in [1.807, 2.05) is 0 Å². The van der Waals surface area contributed by atoms with Gasteiger partial charge in [0.2, 0.25) is 5.78 Å². The third-order valence-corrected chi connectivity index (χ3v) is 3.64. The molecular weight excluding hydrogens is 273 g/mol. The number of alkyl halides is 3. The predicted molar refractivity (Wildman–Crippen MR) is 57.4 cm³/mol. The van der Waals surface area contributed by atoms with Crippen molar-refractivity contribution in [3.8, 4) is 0 Å². The fourth-order valence-corrected chi connectivity index (χ4v) is 2.43. The third-order valence-electron chi connectivity index (χ3n) is 1.82. The Bertz CT molecular complexity index is 559. The molecule has 0 aromatic carbocycles. The summed E-state index contributed by atoms with van der Waals surface area (Å²) in [5, 5.41) is 1.19. The second-order valence-corrected chi connectivity index (χ2v) is 5.20. The molecule has 0 amide bonds. The summed E-state index contributed by atoms with van der Waals surface area (Å²) in [4.78, 5) is 18.8. The van der Waals surface area contributed by atoms with Gasteiger partial charge in [0.15, 0.2) is 5.01 Å². The second kappa shape index (κ2) is 4.19. The zero-order chi connectivity index (χ0) is 12.6. The smallest absolute Gasteiger partial charge is 0.286 e. The Hall–Kier alpha value is -1.28. The number of ketones is 1. The van der Waals surface area contributed by atoms with E-state index in [9.17, 15) is 18.0 Å². The van der Waals surface area contributed by atoms with Gasteiger partial charge in [-0.05, 0) is 6.92 Å². The van der Waals surface area contributed by atoms with Gasteiger partial charge in [-0.25, -0.2) is 9.97 Å². The van der Waals surface area contributed by atoms with E-state index in [0.29, 0.717) is 16.3 Å². The van der Waals surface area contributed by atoms with E-state index in [-0.39, 0.29) is 10.6 Å². The van der Waals surface area contributed by atoms with Crippen molar-refractivity contribution in [3.63, 3.8) is 0 Å². The zero-order valence-electron chi connectivity index (χ0n) is 8.41. The van der Waals surface area contributed by atoms with Crippen LogP contribution in [0, 0.1) is 6.92 Å². The molecular formula is C9H5F3N2OS2. The molecule has 0 fully saturated rings. The van der Waals surface area contributed by atoms with E-state index in [1.165, 1.54) is 16.7 Å². The minimum atomic E-state index is -4.51. The first-order valence-corrected chi connectivity index (χ1v) is 6.07. The van der Waals surface area contributed by atoms with Crippen LogP contribution < -0.4 is 0 Å². The van der Waals surface area contributed by atoms with Crippen LogP contribution in [0.3, 0.4) is 0 Å². The van der Waals surface area contributed by atoms with E-state index >= 15 is 0 Å². The number of hydrogen-bond donors (Lipinski definition) is 0. The van der Waals surface area contributed by atoms with Crippen molar-refractivity contribution in [2.75, 3.05) is 0 Å². The number of nitrogens with zero attached hydrogens (tertiary/aromatic N) is 2. The first-order chi connectivity index (χ1) is 7.88. The van der Waals surface area contributed by atoms with E-state index < -0.39 is 17.0 Å². The molecule has 0 N–H and O–H groups in total. The molecule has 0 unspecified atom stereocenters. The van der Waals surface area contributed by atoms with Crippen molar-refractivity contribution in [2.24, 2.45) is 0 Å². The SMILES string of the molecule is Cc1nc(C(=O)c2cnc(C(F)(F)F)s2)cs1. The Morgan fingerprint density at radius 3 is 2.59 bits per heavy atom. The van der Waals surface area contributed by atoms with Crippen molar-refractivity contribution in [2.45, 2.75) is 13.1 Å². The normalized spacial score (nSPS) is 11.8. The Morgan fingerprint density at radius 1 is 1.41 bits per heavy atom. The highest BCUT2D eigenvalue weighted by molar-refractivity contribution is 7.14. The summed E-state index contributed by atoms with van der Waals surface area (Å²) in [5.41, 5.74) is 0.157. The summed E-state index contributed by atoms with van der Waals surface area (Å²) >= 11 is 1.60. The Kier molecular flexibility index (Phi) is 3.00. The van der Waals surface area contributed by atoms with Gasteiger partial charge in [0.1, 0.15) is 5.69 Å². The minimum Gasteiger partial charge on any atom is -0.286 e. The molecule has 0 radical (unpaired) electrons. The van der Waals surface area contributed by atoms with Crippen LogP contribution in [0.1, 0.15) is 25.4 Å². The Balaban J connectivity index is 2.30. The molecule has 0 atom stereocenters. The molecule has 0 saturated carbocycles. The third kappa shape index (κ3) is 2.52. The second-order valence-electron chi connectivity index (χ2n) is 3.11.